The van der Waals surface area contributed by atoms with E-state index in [4.69, 9.17) is 11.6 Å². The van der Waals surface area contributed by atoms with E-state index in [2.05, 4.69) is 0 Å². The molecule has 0 unspecified atom stereocenters. The fourth-order valence-electron chi connectivity index (χ4n) is 3.78. The van der Waals surface area contributed by atoms with Crippen molar-refractivity contribution in [3.63, 3.8) is 0 Å². The van der Waals surface area contributed by atoms with Gasteiger partial charge in [-0.05, 0) is 38.0 Å². The maximum absolute atomic E-state index is 15.1. The molecule has 0 aliphatic carbocycles. The van der Waals surface area contributed by atoms with E-state index in [-0.39, 0.29) is 27.4 Å². The van der Waals surface area contributed by atoms with Gasteiger partial charge in [-0.15, -0.1) is 0 Å². The standard InChI is InChI=1S/C22H19ClF3NO4/c1-9(2)22(4,21(30)31)17-10(3)27(15-8-14(25)19(28)18(26)16(15)17)20(29)11-5-6-12(23)13(24)7-11/h5-9,28H,1-4H3,(H,30,31)/t22-/m1/s1. The minimum absolute atomic E-state index is 0.0258. The number of benzene rings is 2. The van der Waals surface area contributed by atoms with Crippen LogP contribution in [0.1, 0.15) is 42.4 Å². The number of carbonyl (C=O) groups excluding carboxylic acids is 1. The first-order valence-corrected chi connectivity index (χ1v) is 9.67. The minimum atomic E-state index is -1.69. The number of hydrogen-bond donors (Lipinski definition) is 2. The second-order valence-electron chi connectivity index (χ2n) is 7.81. The quantitative estimate of drug-likeness (QED) is 0.553. The van der Waals surface area contributed by atoms with E-state index < -0.39 is 51.8 Å². The fraction of sp³-hybridized carbons (Fsp3) is 0.273. The van der Waals surface area contributed by atoms with Gasteiger partial charge in [-0.3, -0.25) is 14.2 Å². The Labute approximate surface area is 180 Å². The van der Waals surface area contributed by atoms with E-state index >= 15 is 4.39 Å². The highest BCUT2D eigenvalue weighted by molar-refractivity contribution is 6.30. The second-order valence-corrected chi connectivity index (χ2v) is 8.21. The molecule has 1 heterocycles. The Morgan fingerprint density at radius 2 is 1.74 bits per heavy atom. The summed E-state index contributed by atoms with van der Waals surface area (Å²) < 4.78 is 44.1. The predicted octanol–water partition coefficient (Wildman–Crippen LogP) is 5.41. The zero-order valence-corrected chi connectivity index (χ0v) is 17.8. The average Bonchev–Trinajstić information content (AvgIpc) is 2.98. The topological polar surface area (TPSA) is 79.5 Å². The molecule has 0 saturated carbocycles. The van der Waals surface area contributed by atoms with Gasteiger partial charge in [0, 0.05) is 28.3 Å². The molecule has 0 radical (unpaired) electrons. The molecule has 0 spiro atoms. The molecule has 3 aromatic rings. The lowest BCUT2D eigenvalue weighted by atomic mass is 9.72. The molecule has 164 valence electrons. The summed E-state index contributed by atoms with van der Waals surface area (Å²) in [5, 5.41) is 19.2. The van der Waals surface area contributed by atoms with Gasteiger partial charge in [0.25, 0.3) is 5.91 Å². The lowest BCUT2D eigenvalue weighted by Crippen LogP contribution is -2.38. The third-order valence-electron chi connectivity index (χ3n) is 5.85. The summed E-state index contributed by atoms with van der Waals surface area (Å²) in [6, 6.07) is 4.03. The maximum Gasteiger partial charge on any atom is 0.314 e. The zero-order chi connectivity index (χ0) is 23.4. The summed E-state index contributed by atoms with van der Waals surface area (Å²) in [7, 11) is 0. The van der Waals surface area contributed by atoms with Crippen LogP contribution in [0.3, 0.4) is 0 Å². The van der Waals surface area contributed by atoms with Crippen LogP contribution in [0.15, 0.2) is 24.3 Å². The number of hydrogen-bond acceptors (Lipinski definition) is 3. The van der Waals surface area contributed by atoms with Crippen LogP contribution in [0.5, 0.6) is 5.75 Å². The Morgan fingerprint density at radius 1 is 1.13 bits per heavy atom. The van der Waals surface area contributed by atoms with Crippen LogP contribution < -0.4 is 0 Å². The number of aliphatic carboxylic acids is 1. The van der Waals surface area contributed by atoms with Crippen LogP contribution >= 0.6 is 11.6 Å². The second kappa shape index (κ2) is 7.60. The molecular formula is C22H19ClF3NO4. The molecule has 0 aliphatic rings. The summed E-state index contributed by atoms with van der Waals surface area (Å²) in [4.78, 5) is 25.5. The van der Waals surface area contributed by atoms with E-state index in [1.54, 1.807) is 13.8 Å². The molecule has 1 atom stereocenters. The number of phenols is 1. The van der Waals surface area contributed by atoms with Crippen LogP contribution in [0.25, 0.3) is 10.9 Å². The molecule has 0 bridgehead atoms. The number of carboxylic acids is 1. The predicted molar refractivity (Wildman–Crippen MR) is 109 cm³/mol. The molecule has 31 heavy (non-hydrogen) atoms. The Bertz CT molecular complexity index is 1250. The number of carboxylic acid groups (broad SMARTS) is 1. The molecule has 0 saturated heterocycles. The number of rotatable bonds is 4. The number of nitrogens with zero attached hydrogens (tertiary/aromatic N) is 1. The smallest absolute Gasteiger partial charge is 0.314 e. The van der Waals surface area contributed by atoms with Gasteiger partial charge in [0.05, 0.1) is 16.0 Å². The molecule has 0 aliphatic heterocycles. The maximum atomic E-state index is 15.1. The molecule has 9 heteroatoms. The van der Waals surface area contributed by atoms with Crippen molar-refractivity contribution in [2.24, 2.45) is 5.92 Å². The molecule has 3 rings (SSSR count). The highest BCUT2D eigenvalue weighted by atomic mass is 35.5. The van der Waals surface area contributed by atoms with Crippen LogP contribution in [-0.2, 0) is 10.2 Å². The van der Waals surface area contributed by atoms with E-state index in [0.29, 0.717) is 0 Å². The van der Waals surface area contributed by atoms with Gasteiger partial charge in [-0.25, -0.2) is 13.2 Å². The average molecular weight is 454 g/mol. The van der Waals surface area contributed by atoms with Crippen molar-refractivity contribution in [3.8, 4) is 5.75 Å². The van der Waals surface area contributed by atoms with Gasteiger partial charge >= 0.3 is 5.97 Å². The van der Waals surface area contributed by atoms with Crippen LogP contribution in [0.4, 0.5) is 13.2 Å². The van der Waals surface area contributed by atoms with Crippen molar-refractivity contribution in [2.45, 2.75) is 33.1 Å². The summed E-state index contributed by atoms with van der Waals surface area (Å²) in [5.41, 5.74) is -2.19. The van der Waals surface area contributed by atoms with Gasteiger partial charge in [0.1, 0.15) is 5.82 Å². The number of fused-ring (bicyclic) bond motifs is 1. The van der Waals surface area contributed by atoms with Gasteiger partial charge in [0.2, 0.25) is 0 Å². The number of halogens is 4. The van der Waals surface area contributed by atoms with E-state index in [1.165, 1.54) is 19.9 Å². The van der Waals surface area contributed by atoms with Crippen LogP contribution in [0.2, 0.25) is 5.02 Å². The summed E-state index contributed by atoms with van der Waals surface area (Å²) in [5.74, 6) is -7.57. The summed E-state index contributed by atoms with van der Waals surface area (Å²) in [6.07, 6.45) is 0. The number of aromatic hydroxyl groups is 1. The van der Waals surface area contributed by atoms with E-state index in [0.717, 1.165) is 22.8 Å². The Hall–Kier alpha value is -3.00. The fourth-order valence-corrected chi connectivity index (χ4v) is 3.90. The molecule has 5 nitrogen and oxygen atoms in total. The van der Waals surface area contributed by atoms with Crippen molar-refractivity contribution in [2.75, 3.05) is 0 Å². The number of carbonyl (C=O) groups is 2. The van der Waals surface area contributed by atoms with E-state index in [1.807, 2.05) is 0 Å². The molecule has 2 N–H and O–H groups in total. The molecule has 2 aromatic carbocycles. The number of aromatic nitrogens is 1. The van der Waals surface area contributed by atoms with Crippen LogP contribution in [-0.4, -0.2) is 26.7 Å². The highest BCUT2D eigenvalue weighted by Crippen LogP contribution is 2.44. The summed E-state index contributed by atoms with van der Waals surface area (Å²) >= 11 is 5.66. The largest absolute Gasteiger partial charge is 0.503 e. The normalized spacial score (nSPS) is 13.6. The molecule has 0 fully saturated rings. The SMILES string of the molecule is Cc1c([C@](C)(C(=O)O)C(C)C)c2c(F)c(O)c(F)cc2n1C(=O)c1ccc(Cl)c(F)c1. The Balaban J connectivity index is 2.49. The Kier molecular flexibility index (Phi) is 5.56. The van der Waals surface area contributed by atoms with Crippen molar-refractivity contribution >= 4 is 34.4 Å². The highest BCUT2D eigenvalue weighted by Gasteiger charge is 2.44. The monoisotopic (exact) mass is 453 g/mol. The molecule has 1 aromatic heterocycles. The van der Waals surface area contributed by atoms with Crippen molar-refractivity contribution < 1.29 is 33.0 Å². The Morgan fingerprint density at radius 3 is 2.26 bits per heavy atom. The summed E-state index contributed by atoms with van der Waals surface area (Å²) in [6.45, 7) is 5.96. The lowest BCUT2D eigenvalue weighted by molar-refractivity contribution is -0.145. The third kappa shape index (κ3) is 3.26. The van der Waals surface area contributed by atoms with Gasteiger partial charge in [-0.2, -0.15) is 0 Å². The van der Waals surface area contributed by atoms with Crippen molar-refractivity contribution in [1.82, 2.24) is 4.57 Å². The lowest BCUT2D eigenvalue weighted by Gasteiger charge is -2.30. The molecule has 0 amide bonds. The van der Waals surface area contributed by atoms with Gasteiger partial charge in [-0.1, -0.05) is 25.4 Å². The van der Waals surface area contributed by atoms with E-state index in [9.17, 15) is 28.6 Å². The zero-order valence-electron chi connectivity index (χ0n) is 17.1. The first kappa shape index (κ1) is 22.7. The van der Waals surface area contributed by atoms with Gasteiger partial charge < -0.3 is 10.2 Å². The third-order valence-corrected chi connectivity index (χ3v) is 6.16. The van der Waals surface area contributed by atoms with Crippen molar-refractivity contribution in [1.29, 1.82) is 0 Å². The van der Waals surface area contributed by atoms with Gasteiger partial charge in [0.15, 0.2) is 17.4 Å². The van der Waals surface area contributed by atoms with Crippen molar-refractivity contribution in [3.05, 3.63) is 63.6 Å². The number of phenolic OH excluding ortho intramolecular Hbond substituents is 1. The minimum Gasteiger partial charge on any atom is -0.503 e. The molecular weight excluding hydrogens is 435 g/mol. The van der Waals surface area contributed by atoms with Crippen LogP contribution in [0, 0.1) is 30.3 Å². The first-order valence-electron chi connectivity index (χ1n) is 9.29. The first-order chi connectivity index (χ1) is 14.3.